The van der Waals surface area contributed by atoms with Crippen LogP contribution in [0, 0.1) is 5.92 Å². The first-order valence-electron chi connectivity index (χ1n) is 7.65. The number of aromatic nitrogens is 2. The summed E-state index contributed by atoms with van der Waals surface area (Å²) in [6.45, 7) is 2.80. The van der Waals surface area contributed by atoms with Crippen LogP contribution in [0.15, 0.2) is 6.20 Å². The Hall–Kier alpha value is -1.07. The summed E-state index contributed by atoms with van der Waals surface area (Å²) in [6.07, 6.45) is 5.94. The Bertz CT molecular complexity index is 438. The Morgan fingerprint density at radius 3 is 2.60 bits per heavy atom. The molecule has 2 aliphatic heterocycles. The third-order valence-corrected chi connectivity index (χ3v) is 5.23. The van der Waals surface area contributed by atoms with E-state index in [4.69, 9.17) is 4.74 Å². The van der Waals surface area contributed by atoms with Crippen molar-refractivity contribution in [2.24, 2.45) is 5.92 Å². The van der Waals surface area contributed by atoms with Crippen molar-refractivity contribution in [2.45, 2.75) is 57.3 Å². The predicted molar refractivity (Wildman–Crippen MR) is 76.7 cm³/mol. The minimum absolute atomic E-state index is 0.319. The van der Waals surface area contributed by atoms with Crippen LogP contribution in [-0.2, 0) is 6.54 Å². The van der Waals surface area contributed by atoms with Gasteiger partial charge in [-0.3, -0.25) is 4.68 Å². The van der Waals surface area contributed by atoms with Crippen LogP contribution >= 0.6 is 0 Å². The second kappa shape index (κ2) is 5.37. The third kappa shape index (κ3) is 2.13. The zero-order chi connectivity index (χ0) is 14.3. The molecule has 1 aromatic rings. The predicted octanol–water partition coefficient (Wildman–Crippen LogP) is 1.82. The summed E-state index contributed by atoms with van der Waals surface area (Å²) in [7, 11) is 3.87. The van der Waals surface area contributed by atoms with E-state index in [2.05, 4.69) is 17.0 Å². The molecular weight excluding hydrogens is 254 g/mol. The molecule has 2 bridgehead atoms. The molecular formula is C15H25N3O2. The number of piperidine rings is 1. The average molecular weight is 279 g/mol. The zero-order valence-electron chi connectivity index (χ0n) is 12.6. The number of ether oxygens (including phenoxy) is 1. The largest absolute Gasteiger partial charge is 0.493 e. The zero-order valence-corrected chi connectivity index (χ0v) is 12.6. The number of nitrogens with zero attached hydrogens (tertiary/aromatic N) is 3. The lowest BCUT2D eigenvalue weighted by Gasteiger charge is -2.38. The Labute approximate surface area is 120 Å². The maximum Gasteiger partial charge on any atom is 0.162 e. The highest BCUT2D eigenvalue weighted by molar-refractivity contribution is 5.28. The van der Waals surface area contributed by atoms with Crippen molar-refractivity contribution in [1.29, 1.82) is 0 Å². The van der Waals surface area contributed by atoms with Gasteiger partial charge >= 0.3 is 0 Å². The summed E-state index contributed by atoms with van der Waals surface area (Å²) in [5.74, 6) is 1.03. The average Bonchev–Trinajstić information content (AvgIpc) is 2.94. The summed E-state index contributed by atoms with van der Waals surface area (Å²) in [5, 5.41) is 15.2. The fourth-order valence-electron chi connectivity index (χ4n) is 4.02. The van der Waals surface area contributed by atoms with Crippen LogP contribution in [0.3, 0.4) is 0 Å². The van der Waals surface area contributed by atoms with Crippen molar-refractivity contribution in [2.75, 3.05) is 14.2 Å². The van der Waals surface area contributed by atoms with E-state index in [1.807, 2.05) is 11.6 Å². The van der Waals surface area contributed by atoms with E-state index < -0.39 is 6.10 Å². The normalized spacial score (nSPS) is 31.5. The molecule has 112 valence electrons. The van der Waals surface area contributed by atoms with Crippen LogP contribution in [0.4, 0.5) is 0 Å². The van der Waals surface area contributed by atoms with Crippen molar-refractivity contribution < 1.29 is 9.84 Å². The van der Waals surface area contributed by atoms with Gasteiger partial charge in [0.2, 0.25) is 0 Å². The minimum Gasteiger partial charge on any atom is -0.493 e. The summed E-state index contributed by atoms with van der Waals surface area (Å²) >= 11 is 0. The number of aliphatic hydroxyl groups is 1. The molecule has 0 amide bonds. The van der Waals surface area contributed by atoms with Crippen molar-refractivity contribution in [3.05, 3.63) is 11.9 Å². The molecule has 20 heavy (non-hydrogen) atoms. The molecule has 0 aromatic carbocycles. The van der Waals surface area contributed by atoms with Crippen molar-refractivity contribution >= 4 is 0 Å². The van der Waals surface area contributed by atoms with Gasteiger partial charge in [-0.2, -0.15) is 5.10 Å². The van der Waals surface area contributed by atoms with E-state index >= 15 is 0 Å². The number of hydrogen-bond acceptors (Lipinski definition) is 4. The van der Waals surface area contributed by atoms with Gasteiger partial charge in [-0.1, -0.05) is 0 Å². The molecule has 5 nitrogen and oxygen atoms in total. The monoisotopic (exact) mass is 279 g/mol. The Balaban J connectivity index is 1.83. The van der Waals surface area contributed by atoms with E-state index in [0.717, 1.165) is 25.1 Å². The number of aryl methyl sites for hydroxylation is 1. The van der Waals surface area contributed by atoms with E-state index in [-0.39, 0.29) is 0 Å². The topological polar surface area (TPSA) is 50.5 Å². The van der Waals surface area contributed by atoms with E-state index in [9.17, 15) is 5.11 Å². The molecule has 3 heterocycles. The highest BCUT2D eigenvalue weighted by Crippen LogP contribution is 2.43. The van der Waals surface area contributed by atoms with Crippen LogP contribution in [0.25, 0.3) is 0 Å². The van der Waals surface area contributed by atoms with E-state index in [1.54, 1.807) is 13.3 Å². The van der Waals surface area contributed by atoms with Crippen molar-refractivity contribution in [3.8, 4) is 5.75 Å². The second-order valence-electron chi connectivity index (χ2n) is 6.14. The molecule has 3 unspecified atom stereocenters. The Morgan fingerprint density at radius 1 is 1.40 bits per heavy atom. The maximum atomic E-state index is 10.8. The van der Waals surface area contributed by atoms with Gasteiger partial charge in [0.15, 0.2) is 5.75 Å². The van der Waals surface area contributed by atoms with Gasteiger partial charge < -0.3 is 14.7 Å². The van der Waals surface area contributed by atoms with Crippen molar-refractivity contribution in [3.63, 3.8) is 0 Å². The van der Waals surface area contributed by atoms with Gasteiger partial charge in [-0.15, -0.1) is 0 Å². The quantitative estimate of drug-likeness (QED) is 0.913. The summed E-state index contributed by atoms with van der Waals surface area (Å²) in [6, 6.07) is 1.27. The highest BCUT2D eigenvalue weighted by Gasteiger charge is 2.42. The summed E-state index contributed by atoms with van der Waals surface area (Å²) < 4.78 is 7.24. The second-order valence-corrected chi connectivity index (χ2v) is 6.14. The fourth-order valence-corrected chi connectivity index (χ4v) is 4.02. The SMILES string of the molecule is CCn1ncc(OC)c1C(O)C1CC2CCC(C1)N2C. The lowest BCUT2D eigenvalue weighted by Crippen LogP contribution is -2.41. The first-order chi connectivity index (χ1) is 9.65. The van der Waals surface area contributed by atoms with E-state index in [0.29, 0.717) is 23.8 Å². The summed E-state index contributed by atoms with van der Waals surface area (Å²) in [5.41, 5.74) is 0.851. The number of fused-ring (bicyclic) bond motifs is 2. The van der Waals surface area contributed by atoms with Gasteiger partial charge in [0.05, 0.1) is 13.3 Å². The van der Waals surface area contributed by atoms with Gasteiger partial charge in [-0.25, -0.2) is 0 Å². The minimum atomic E-state index is -0.468. The fraction of sp³-hybridized carbons (Fsp3) is 0.800. The van der Waals surface area contributed by atoms with Crippen LogP contribution < -0.4 is 4.74 Å². The van der Waals surface area contributed by atoms with Gasteiger partial charge in [0.25, 0.3) is 0 Å². The number of hydrogen-bond donors (Lipinski definition) is 1. The number of aliphatic hydroxyl groups excluding tert-OH is 1. The first kappa shape index (κ1) is 13.9. The van der Waals surface area contributed by atoms with Crippen LogP contribution in [0.2, 0.25) is 0 Å². The van der Waals surface area contributed by atoms with E-state index in [1.165, 1.54) is 12.8 Å². The van der Waals surface area contributed by atoms with Crippen LogP contribution in [-0.4, -0.2) is 46.0 Å². The molecule has 3 atom stereocenters. The summed E-state index contributed by atoms with van der Waals surface area (Å²) in [4.78, 5) is 2.50. The molecule has 2 saturated heterocycles. The molecule has 0 radical (unpaired) electrons. The molecule has 5 heteroatoms. The molecule has 1 aromatic heterocycles. The molecule has 0 aliphatic carbocycles. The molecule has 3 rings (SSSR count). The number of rotatable bonds is 4. The molecule has 2 aliphatic rings. The third-order valence-electron chi connectivity index (χ3n) is 5.23. The van der Waals surface area contributed by atoms with Crippen LogP contribution in [0.1, 0.15) is 44.4 Å². The van der Waals surface area contributed by atoms with Gasteiger partial charge in [0.1, 0.15) is 11.8 Å². The lowest BCUT2D eigenvalue weighted by atomic mass is 9.85. The molecule has 0 spiro atoms. The maximum absolute atomic E-state index is 10.8. The lowest BCUT2D eigenvalue weighted by molar-refractivity contribution is 0.0294. The Morgan fingerprint density at radius 2 is 2.05 bits per heavy atom. The molecule has 2 fully saturated rings. The molecule has 1 N–H and O–H groups in total. The van der Waals surface area contributed by atoms with Gasteiger partial charge in [0, 0.05) is 18.6 Å². The first-order valence-corrected chi connectivity index (χ1v) is 7.65. The molecule has 0 saturated carbocycles. The smallest absolute Gasteiger partial charge is 0.162 e. The highest BCUT2D eigenvalue weighted by atomic mass is 16.5. The number of methoxy groups -OCH3 is 1. The van der Waals surface area contributed by atoms with Crippen molar-refractivity contribution in [1.82, 2.24) is 14.7 Å². The standard InChI is InChI=1S/C15H25N3O2/c1-4-18-14(13(20-3)9-16-18)15(19)10-7-11-5-6-12(8-10)17(11)2/h9-12,15,19H,4-8H2,1-3H3. The van der Waals surface area contributed by atoms with Gasteiger partial charge in [-0.05, 0) is 45.6 Å². The Kier molecular flexibility index (Phi) is 3.73. The van der Waals surface area contributed by atoms with Crippen LogP contribution in [0.5, 0.6) is 5.75 Å².